The lowest BCUT2D eigenvalue weighted by atomic mass is 10.0. The number of hydrogen-bond acceptors (Lipinski definition) is 6. The molecule has 1 aliphatic heterocycles. The lowest BCUT2D eigenvalue weighted by Gasteiger charge is -2.38. The summed E-state index contributed by atoms with van der Waals surface area (Å²) in [6, 6.07) is 9.11. The number of nitrogens with zero attached hydrogens (tertiary/aromatic N) is 3. The van der Waals surface area contributed by atoms with E-state index >= 15 is 0 Å². The van der Waals surface area contributed by atoms with Gasteiger partial charge >= 0.3 is 6.09 Å². The van der Waals surface area contributed by atoms with Crippen LogP contribution in [-0.2, 0) is 16.0 Å². The highest BCUT2D eigenvalue weighted by molar-refractivity contribution is 5.83. The standard InChI is InChI=1S/C24H32N4O4/c1-16-12-22(29)28(20-13-17(14-25)6-7-18(16)20)11-10-27-9-8-19(21(15-27)31-5)26-23(30)32-24(2,3)4/h6-7,12-13,19,21H,8-11,15H2,1-5H3,(H,26,30)/t19-,21+/m1/s1. The number of piperidine rings is 1. The van der Waals surface area contributed by atoms with Crippen LogP contribution in [-0.4, -0.2) is 60.1 Å². The third-order valence-electron chi connectivity index (χ3n) is 5.74. The quantitative estimate of drug-likeness (QED) is 0.768. The number of fused-ring (bicyclic) bond motifs is 1. The number of methoxy groups -OCH3 is 1. The number of aromatic nitrogens is 1. The molecule has 3 rings (SSSR count). The fourth-order valence-electron chi connectivity index (χ4n) is 4.14. The van der Waals surface area contributed by atoms with Crippen LogP contribution in [0.15, 0.2) is 29.1 Å². The molecule has 8 nitrogen and oxygen atoms in total. The lowest BCUT2D eigenvalue weighted by Crippen LogP contribution is -2.55. The van der Waals surface area contributed by atoms with Gasteiger partial charge in [-0.05, 0) is 51.8 Å². The minimum Gasteiger partial charge on any atom is -0.444 e. The second kappa shape index (κ2) is 9.72. The van der Waals surface area contributed by atoms with E-state index in [0.717, 1.165) is 29.4 Å². The van der Waals surface area contributed by atoms with Crippen LogP contribution in [0.5, 0.6) is 0 Å². The third kappa shape index (κ3) is 5.67. The van der Waals surface area contributed by atoms with Crippen molar-refractivity contribution in [3.63, 3.8) is 0 Å². The summed E-state index contributed by atoms with van der Waals surface area (Å²) in [6.07, 6.45) is 0.108. The van der Waals surface area contributed by atoms with E-state index in [9.17, 15) is 14.9 Å². The molecule has 172 valence electrons. The van der Waals surface area contributed by atoms with Gasteiger partial charge in [-0.1, -0.05) is 6.07 Å². The van der Waals surface area contributed by atoms with Crippen LogP contribution in [0.4, 0.5) is 4.79 Å². The van der Waals surface area contributed by atoms with Crippen molar-refractivity contribution in [2.24, 2.45) is 0 Å². The summed E-state index contributed by atoms with van der Waals surface area (Å²) in [5, 5.41) is 13.2. The molecule has 32 heavy (non-hydrogen) atoms. The van der Waals surface area contributed by atoms with Gasteiger partial charge in [0.1, 0.15) is 5.60 Å². The number of pyridine rings is 1. The van der Waals surface area contributed by atoms with E-state index in [1.54, 1.807) is 29.9 Å². The molecule has 1 aromatic heterocycles. The predicted octanol–water partition coefficient (Wildman–Crippen LogP) is 2.80. The molecule has 2 heterocycles. The number of aryl methyl sites for hydroxylation is 1. The first-order valence-corrected chi connectivity index (χ1v) is 10.9. The number of carbonyl (C=O) groups excluding carboxylic acids is 1. The Balaban J connectivity index is 1.69. The van der Waals surface area contributed by atoms with E-state index < -0.39 is 11.7 Å². The molecule has 0 bridgehead atoms. The first kappa shape index (κ1) is 23.8. The predicted molar refractivity (Wildman–Crippen MR) is 123 cm³/mol. The number of benzene rings is 1. The maximum Gasteiger partial charge on any atom is 0.407 e. The Morgan fingerprint density at radius 1 is 1.28 bits per heavy atom. The summed E-state index contributed by atoms with van der Waals surface area (Å²) in [4.78, 5) is 27.1. The number of rotatable bonds is 5. The first-order chi connectivity index (χ1) is 15.1. The molecule has 0 aliphatic carbocycles. The van der Waals surface area contributed by atoms with Crippen LogP contribution in [0.1, 0.15) is 38.3 Å². The second-order valence-electron chi connectivity index (χ2n) is 9.28. The largest absolute Gasteiger partial charge is 0.444 e. The Bertz CT molecular complexity index is 1080. The summed E-state index contributed by atoms with van der Waals surface area (Å²) in [6.45, 7) is 9.98. The van der Waals surface area contributed by atoms with E-state index in [1.807, 2.05) is 33.8 Å². The molecule has 1 aromatic carbocycles. The normalized spacial score (nSPS) is 19.5. The van der Waals surface area contributed by atoms with Crippen molar-refractivity contribution in [3.8, 4) is 6.07 Å². The monoisotopic (exact) mass is 440 g/mol. The van der Waals surface area contributed by atoms with Crippen molar-refractivity contribution in [2.45, 2.75) is 58.4 Å². The third-order valence-corrected chi connectivity index (χ3v) is 5.74. The number of nitriles is 1. The SMILES string of the molecule is CO[C@H]1CN(CCn2c(=O)cc(C)c3ccc(C#N)cc32)CC[C@H]1NC(=O)OC(C)(C)C. The number of ether oxygens (including phenoxy) is 2. The molecule has 0 saturated carbocycles. The van der Waals surface area contributed by atoms with Crippen molar-refractivity contribution < 1.29 is 14.3 Å². The number of hydrogen-bond donors (Lipinski definition) is 1. The van der Waals surface area contributed by atoms with Gasteiger partial charge in [-0.3, -0.25) is 9.69 Å². The van der Waals surface area contributed by atoms with Gasteiger partial charge in [0, 0.05) is 44.7 Å². The van der Waals surface area contributed by atoms with Crippen LogP contribution in [0, 0.1) is 18.3 Å². The first-order valence-electron chi connectivity index (χ1n) is 10.9. The number of likely N-dealkylation sites (tertiary alicyclic amines) is 1. The highest BCUT2D eigenvalue weighted by Crippen LogP contribution is 2.19. The summed E-state index contributed by atoms with van der Waals surface area (Å²) in [5.41, 5.74) is 1.58. The smallest absolute Gasteiger partial charge is 0.407 e. The van der Waals surface area contributed by atoms with Gasteiger partial charge in [0.25, 0.3) is 5.56 Å². The van der Waals surface area contributed by atoms with Crippen LogP contribution < -0.4 is 10.9 Å². The minimum absolute atomic E-state index is 0.0742. The van der Waals surface area contributed by atoms with Crippen LogP contribution >= 0.6 is 0 Å². The molecule has 1 aliphatic rings. The van der Waals surface area contributed by atoms with Crippen molar-refractivity contribution >= 4 is 17.0 Å². The molecule has 2 aromatic rings. The average molecular weight is 441 g/mol. The Labute approximate surface area is 188 Å². The van der Waals surface area contributed by atoms with Gasteiger partial charge in [0.05, 0.1) is 29.3 Å². The number of nitrogens with one attached hydrogen (secondary N) is 1. The molecule has 1 fully saturated rings. The zero-order valence-corrected chi connectivity index (χ0v) is 19.5. The number of alkyl carbamates (subject to hydrolysis) is 1. The molecule has 1 N–H and O–H groups in total. The molecule has 8 heteroatoms. The van der Waals surface area contributed by atoms with E-state index in [-0.39, 0.29) is 17.7 Å². The summed E-state index contributed by atoms with van der Waals surface area (Å²) in [5.74, 6) is 0. The van der Waals surface area contributed by atoms with E-state index in [2.05, 4.69) is 16.3 Å². The lowest BCUT2D eigenvalue weighted by molar-refractivity contribution is -0.00306. The van der Waals surface area contributed by atoms with Crippen LogP contribution in [0.25, 0.3) is 10.9 Å². The Kier molecular flexibility index (Phi) is 7.22. The van der Waals surface area contributed by atoms with Crippen LogP contribution in [0.3, 0.4) is 0 Å². The second-order valence-corrected chi connectivity index (χ2v) is 9.28. The molecule has 2 atom stereocenters. The zero-order valence-electron chi connectivity index (χ0n) is 19.5. The van der Waals surface area contributed by atoms with Gasteiger partial charge in [-0.25, -0.2) is 4.79 Å². The van der Waals surface area contributed by atoms with Gasteiger partial charge in [-0.2, -0.15) is 5.26 Å². The highest BCUT2D eigenvalue weighted by atomic mass is 16.6. The highest BCUT2D eigenvalue weighted by Gasteiger charge is 2.31. The number of carbonyl (C=O) groups is 1. The van der Waals surface area contributed by atoms with Gasteiger partial charge in [0.2, 0.25) is 0 Å². The molecule has 1 amide bonds. The summed E-state index contributed by atoms with van der Waals surface area (Å²) in [7, 11) is 1.64. The van der Waals surface area contributed by atoms with Crippen molar-refractivity contribution in [2.75, 3.05) is 26.7 Å². The average Bonchev–Trinajstić information content (AvgIpc) is 2.72. The Hall–Kier alpha value is -2.89. The van der Waals surface area contributed by atoms with Gasteiger partial charge < -0.3 is 19.4 Å². The Morgan fingerprint density at radius 3 is 2.69 bits per heavy atom. The fraction of sp³-hybridized carbons (Fsp3) is 0.542. The molecular formula is C24H32N4O4. The molecule has 0 unspecified atom stereocenters. The summed E-state index contributed by atoms with van der Waals surface area (Å²) >= 11 is 0. The summed E-state index contributed by atoms with van der Waals surface area (Å²) < 4.78 is 12.7. The number of amides is 1. The maximum absolute atomic E-state index is 12.7. The Morgan fingerprint density at radius 2 is 2.03 bits per heavy atom. The van der Waals surface area contributed by atoms with Crippen molar-refractivity contribution in [1.29, 1.82) is 5.26 Å². The van der Waals surface area contributed by atoms with Gasteiger partial charge in [-0.15, -0.1) is 0 Å². The molecule has 0 spiro atoms. The maximum atomic E-state index is 12.7. The van der Waals surface area contributed by atoms with E-state index in [0.29, 0.717) is 25.2 Å². The fourth-order valence-corrected chi connectivity index (χ4v) is 4.14. The van der Waals surface area contributed by atoms with Gasteiger partial charge in [0.15, 0.2) is 0 Å². The van der Waals surface area contributed by atoms with Crippen molar-refractivity contribution in [1.82, 2.24) is 14.8 Å². The van der Waals surface area contributed by atoms with E-state index in [1.165, 1.54) is 0 Å². The molecule has 0 radical (unpaired) electrons. The van der Waals surface area contributed by atoms with Crippen molar-refractivity contribution in [3.05, 3.63) is 45.7 Å². The van der Waals surface area contributed by atoms with E-state index in [4.69, 9.17) is 9.47 Å². The zero-order chi connectivity index (χ0) is 23.5. The molecule has 1 saturated heterocycles. The molecular weight excluding hydrogens is 408 g/mol. The van der Waals surface area contributed by atoms with Crippen LogP contribution in [0.2, 0.25) is 0 Å². The minimum atomic E-state index is -0.553. The topological polar surface area (TPSA) is 96.6 Å².